The van der Waals surface area contributed by atoms with Crippen LogP contribution in [0.1, 0.15) is 6.42 Å². The Hall–Kier alpha value is -1.38. The minimum absolute atomic E-state index is 0.547. The first-order chi connectivity index (χ1) is 7.90. The highest BCUT2D eigenvalue weighted by Crippen LogP contribution is 2.29. The zero-order valence-electron chi connectivity index (χ0n) is 8.46. The normalized spacial score (nSPS) is 9.94. The molecule has 0 radical (unpaired) electrons. The van der Waals surface area contributed by atoms with Crippen LogP contribution in [0.2, 0.25) is 0 Å². The minimum atomic E-state index is 0.547. The molecule has 0 aliphatic carbocycles. The third-order valence-corrected chi connectivity index (χ3v) is 3.97. The van der Waals surface area contributed by atoms with Gasteiger partial charge in [0.2, 0.25) is 0 Å². The predicted molar refractivity (Wildman–Crippen MR) is 66.3 cm³/mol. The predicted octanol–water partition coefficient (Wildman–Crippen LogP) is 3.21. The Morgan fingerprint density at radius 3 is 2.81 bits per heavy atom. The molecule has 1 aromatic heterocycles. The van der Waals surface area contributed by atoms with Crippen LogP contribution >= 0.6 is 23.1 Å². The molecule has 2 rings (SSSR count). The lowest BCUT2D eigenvalue weighted by atomic mass is 10.2. The molecule has 3 nitrogen and oxygen atoms in total. The molecule has 2 aromatic rings. The number of hydrogen-bond donors (Lipinski definition) is 0. The number of nitriles is 1. The average molecular weight is 247 g/mol. The smallest absolute Gasteiger partial charge is 0.174 e. The van der Waals surface area contributed by atoms with Gasteiger partial charge in [-0.3, -0.25) is 0 Å². The van der Waals surface area contributed by atoms with Crippen molar-refractivity contribution in [2.75, 3.05) is 5.75 Å². The molecule has 0 N–H and O–H groups in total. The van der Waals surface area contributed by atoms with Gasteiger partial charge < -0.3 is 0 Å². The number of thioether (sulfide) groups is 1. The lowest BCUT2D eigenvalue weighted by molar-refractivity contribution is 1.01. The second-order valence-corrected chi connectivity index (χ2v) is 5.32. The molecule has 0 unspecified atom stereocenters. The van der Waals surface area contributed by atoms with Gasteiger partial charge in [-0.25, -0.2) is 0 Å². The topological polar surface area (TPSA) is 49.6 Å². The summed E-state index contributed by atoms with van der Waals surface area (Å²) in [5.74, 6) is 0.778. The molecule has 1 aromatic carbocycles. The second kappa shape index (κ2) is 5.64. The molecule has 0 aliphatic heterocycles. The molecule has 5 heteroatoms. The SMILES string of the molecule is N#CCCSc1nnc(-c2ccccc2)s1. The van der Waals surface area contributed by atoms with Gasteiger partial charge in [0.1, 0.15) is 5.01 Å². The summed E-state index contributed by atoms with van der Waals surface area (Å²) in [6.45, 7) is 0. The van der Waals surface area contributed by atoms with E-state index in [0.29, 0.717) is 6.42 Å². The molecule has 16 heavy (non-hydrogen) atoms. The van der Waals surface area contributed by atoms with Crippen LogP contribution in [-0.4, -0.2) is 16.0 Å². The first-order valence-electron chi connectivity index (χ1n) is 4.79. The Morgan fingerprint density at radius 2 is 2.06 bits per heavy atom. The third kappa shape index (κ3) is 2.81. The van der Waals surface area contributed by atoms with E-state index in [4.69, 9.17) is 5.26 Å². The molecule has 0 atom stereocenters. The fraction of sp³-hybridized carbons (Fsp3) is 0.182. The highest BCUT2D eigenvalue weighted by Gasteiger charge is 2.05. The monoisotopic (exact) mass is 247 g/mol. The Kier molecular flexibility index (Phi) is 3.91. The molecule has 0 spiro atoms. The molecule has 0 saturated heterocycles. The summed E-state index contributed by atoms with van der Waals surface area (Å²) in [6.07, 6.45) is 0.547. The van der Waals surface area contributed by atoms with E-state index < -0.39 is 0 Å². The molecule has 0 amide bonds. The van der Waals surface area contributed by atoms with Crippen molar-refractivity contribution in [2.45, 2.75) is 10.8 Å². The van der Waals surface area contributed by atoms with Crippen molar-refractivity contribution in [2.24, 2.45) is 0 Å². The van der Waals surface area contributed by atoms with Crippen LogP contribution in [0.4, 0.5) is 0 Å². The van der Waals surface area contributed by atoms with Crippen LogP contribution in [0.3, 0.4) is 0 Å². The fourth-order valence-electron chi connectivity index (χ4n) is 1.15. The van der Waals surface area contributed by atoms with Crippen molar-refractivity contribution < 1.29 is 0 Å². The van der Waals surface area contributed by atoms with Crippen LogP contribution in [0.5, 0.6) is 0 Å². The molecule has 80 valence electrons. The zero-order valence-corrected chi connectivity index (χ0v) is 10.1. The lowest BCUT2D eigenvalue weighted by Gasteiger charge is -1.91. The first kappa shape index (κ1) is 11.1. The van der Waals surface area contributed by atoms with Gasteiger partial charge in [-0.05, 0) is 0 Å². The maximum Gasteiger partial charge on any atom is 0.174 e. The van der Waals surface area contributed by atoms with E-state index in [0.717, 1.165) is 20.7 Å². The highest BCUT2D eigenvalue weighted by atomic mass is 32.2. The summed E-state index contributed by atoms with van der Waals surface area (Å²) in [4.78, 5) is 0. The van der Waals surface area contributed by atoms with Gasteiger partial charge in [0, 0.05) is 17.7 Å². The van der Waals surface area contributed by atoms with Gasteiger partial charge in [-0.1, -0.05) is 53.4 Å². The number of nitrogens with zero attached hydrogens (tertiary/aromatic N) is 3. The van der Waals surface area contributed by atoms with E-state index in [1.807, 2.05) is 30.3 Å². The van der Waals surface area contributed by atoms with E-state index >= 15 is 0 Å². The summed E-state index contributed by atoms with van der Waals surface area (Å²) in [7, 11) is 0. The molecule has 0 aliphatic rings. The molecule has 0 fully saturated rings. The minimum Gasteiger partial charge on any atom is -0.198 e. The fourth-order valence-corrected chi connectivity index (χ4v) is 2.92. The van der Waals surface area contributed by atoms with Crippen LogP contribution < -0.4 is 0 Å². The number of hydrogen-bond acceptors (Lipinski definition) is 5. The van der Waals surface area contributed by atoms with Crippen molar-refractivity contribution in [3.8, 4) is 16.6 Å². The summed E-state index contributed by atoms with van der Waals surface area (Å²) in [5.41, 5.74) is 1.09. The molecular formula is C11H9N3S2. The quantitative estimate of drug-likeness (QED) is 0.615. The van der Waals surface area contributed by atoms with E-state index in [1.165, 1.54) is 0 Å². The maximum atomic E-state index is 8.43. The van der Waals surface area contributed by atoms with Gasteiger partial charge in [0.15, 0.2) is 4.34 Å². The highest BCUT2D eigenvalue weighted by molar-refractivity contribution is 8.01. The van der Waals surface area contributed by atoms with E-state index in [-0.39, 0.29) is 0 Å². The second-order valence-electron chi connectivity index (χ2n) is 3.00. The van der Waals surface area contributed by atoms with Crippen LogP contribution in [-0.2, 0) is 0 Å². The molecule has 0 bridgehead atoms. The summed E-state index contributed by atoms with van der Waals surface area (Å²) in [5, 5.41) is 17.6. The van der Waals surface area contributed by atoms with Crippen molar-refractivity contribution in [3.05, 3.63) is 30.3 Å². The maximum absolute atomic E-state index is 8.43. The number of benzene rings is 1. The van der Waals surface area contributed by atoms with E-state index in [1.54, 1.807) is 23.1 Å². The van der Waals surface area contributed by atoms with Crippen molar-refractivity contribution >= 4 is 23.1 Å². The largest absolute Gasteiger partial charge is 0.198 e. The van der Waals surface area contributed by atoms with Crippen LogP contribution in [0, 0.1) is 11.3 Å². The molecular weight excluding hydrogens is 238 g/mol. The van der Waals surface area contributed by atoms with Crippen LogP contribution in [0.15, 0.2) is 34.7 Å². The van der Waals surface area contributed by atoms with Gasteiger partial charge in [0.25, 0.3) is 0 Å². The van der Waals surface area contributed by atoms with Crippen molar-refractivity contribution in [1.29, 1.82) is 5.26 Å². The van der Waals surface area contributed by atoms with Gasteiger partial charge >= 0.3 is 0 Å². The Morgan fingerprint density at radius 1 is 1.25 bits per heavy atom. The van der Waals surface area contributed by atoms with Gasteiger partial charge in [0.05, 0.1) is 6.07 Å². The average Bonchev–Trinajstić information content (AvgIpc) is 2.79. The standard InChI is InChI=1S/C11H9N3S2/c12-7-4-8-15-11-14-13-10(16-11)9-5-2-1-3-6-9/h1-3,5-6H,4,8H2. The van der Waals surface area contributed by atoms with Crippen molar-refractivity contribution in [1.82, 2.24) is 10.2 Å². The third-order valence-electron chi connectivity index (χ3n) is 1.87. The lowest BCUT2D eigenvalue weighted by Crippen LogP contribution is -1.76. The zero-order chi connectivity index (χ0) is 11.2. The van der Waals surface area contributed by atoms with Crippen molar-refractivity contribution in [3.63, 3.8) is 0 Å². The van der Waals surface area contributed by atoms with Gasteiger partial charge in [-0.2, -0.15) is 5.26 Å². The number of aromatic nitrogens is 2. The molecule has 1 heterocycles. The Labute approximate surface area is 102 Å². The molecule has 0 saturated carbocycles. The van der Waals surface area contributed by atoms with Gasteiger partial charge in [-0.15, -0.1) is 10.2 Å². The van der Waals surface area contributed by atoms with E-state index in [9.17, 15) is 0 Å². The summed E-state index contributed by atoms with van der Waals surface area (Å²) < 4.78 is 0.925. The summed E-state index contributed by atoms with van der Waals surface area (Å²) >= 11 is 3.15. The van der Waals surface area contributed by atoms with E-state index in [2.05, 4.69) is 16.3 Å². The summed E-state index contributed by atoms with van der Waals surface area (Å²) in [6, 6.07) is 12.1. The number of rotatable bonds is 4. The van der Waals surface area contributed by atoms with Crippen LogP contribution in [0.25, 0.3) is 10.6 Å². The first-order valence-corrected chi connectivity index (χ1v) is 6.59. The Bertz CT molecular complexity index is 487. The Balaban J connectivity index is 2.06.